The first kappa shape index (κ1) is 19.6. The third kappa shape index (κ3) is 3.77. The Labute approximate surface area is 173 Å². The number of pyridine rings is 1. The molecule has 8 nitrogen and oxygen atoms in total. The minimum absolute atomic E-state index is 0.0629. The van der Waals surface area contributed by atoms with Crippen molar-refractivity contribution in [2.24, 2.45) is 0 Å². The van der Waals surface area contributed by atoms with Crippen molar-refractivity contribution in [2.75, 3.05) is 7.11 Å². The smallest absolute Gasteiger partial charge is 0.191 e. The van der Waals surface area contributed by atoms with E-state index >= 15 is 0 Å². The highest BCUT2D eigenvalue weighted by Gasteiger charge is 2.20. The second-order valence-corrected chi connectivity index (χ2v) is 7.61. The van der Waals surface area contributed by atoms with Crippen molar-refractivity contribution in [1.29, 1.82) is 0 Å². The molecule has 0 bridgehead atoms. The van der Waals surface area contributed by atoms with E-state index in [0.717, 1.165) is 5.69 Å². The number of rotatable bonds is 6. The number of hydrogen-bond donors (Lipinski definition) is 0. The second kappa shape index (κ2) is 7.60. The van der Waals surface area contributed by atoms with Gasteiger partial charge in [-0.05, 0) is 41.4 Å². The highest BCUT2D eigenvalue weighted by atomic mass is 79.9. The maximum absolute atomic E-state index is 14.3. The third-order valence-electron chi connectivity index (χ3n) is 4.65. The van der Waals surface area contributed by atoms with E-state index in [9.17, 15) is 9.18 Å². The van der Waals surface area contributed by atoms with Crippen LogP contribution in [0.1, 0.15) is 35.7 Å². The van der Waals surface area contributed by atoms with Crippen molar-refractivity contribution in [2.45, 2.75) is 32.8 Å². The van der Waals surface area contributed by atoms with Crippen molar-refractivity contribution < 1.29 is 13.9 Å². The van der Waals surface area contributed by atoms with Gasteiger partial charge in [-0.25, -0.2) is 23.4 Å². The van der Waals surface area contributed by atoms with Gasteiger partial charge in [0.25, 0.3) is 0 Å². The molecular formula is C19H18BrFN6O2. The monoisotopic (exact) mass is 460 g/mol. The molecule has 0 fully saturated rings. The van der Waals surface area contributed by atoms with Crippen LogP contribution in [-0.2, 0) is 22.4 Å². The number of carbonyl (C=O) groups is 1. The topological polar surface area (TPSA) is 86.7 Å². The van der Waals surface area contributed by atoms with E-state index in [0.29, 0.717) is 27.2 Å². The number of ketones is 1. The third-order valence-corrected chi connectivity index (χ3v) is 5.04. The number of ether oxygens (including phenoxy) is 1. The molecule has 0 aliphatic carbocycles. The Kier molecular flexibility index (Phi) is 5.13. The molecule has 0 aromatic carbocycles. The number of methoxy groups -OCH3 is 1. The summed E-state index contributed by atoms with van der Waals surface area (Å²) < 4.78 is 23.4. The second-order valence-electron chi connectivity index (χ2n) is 6.80. The van der Waals surface area contributed by atoms with Crippen LogP contribution in [0.3, 0.4) is 0 Å². The molecule has 0 radical (unpaired) electrons. The maximum atomic E-state index is 14.3. The van der Waals surface area contributed by atoms with Gasteiger partial charge in [-0.15, -0.1) is 0 Å². The molecule has 0 saturated heterocycles. The molecule has 4 rings (SSSR count). The Balaban J connectivity index is 1.64. The summed E-state index contributed by atoms with van der Waals surface area (Å²) in [6.45, 7) is 3.57. The van der Waals surface area contributed by atoms with Crippen LogP contribution in [0.15, 0.2) is 29.1 Å². The van der Waals surface area contributed by atoms with Crippen molar-refractivity contribution in [3.8, 4) is 0 Å². The van der Waals surface area contributed by atoms with E-state index in [-0.39, 0.29) is 30.4 Å². The molecule has 0 spiro atoms. The number of aryl methyl sites for hydroxylation is 1. The number of carbonyl (C=O) groups excluding carboxylic acids is 1. The molecule has 4 aromatic heterocycles. The summed E-state index contributed by atoms with van der Waals surface area (Å²) in [4.78, 5) is 21.2. The van der Waals surface area contributed by atoms with Crippen LogP contribution in [0.2, 0.25) is 0 Å². The van der Waals surface area contributed by atoms with E-state index in [1.54, 1.807) is 37.0 Å². The normalized spacial score (nSPS) is 12.7. The van der Waals surface area contributed by atoms with Gasteiger partial charge in [-0.2, -0.15) is 10.2 Å². The zero-order valence-corrected chi connectivity index (χ0v) is 17.6. The quantitative estimate of drug-likeness (QED) is 0.439. The molecule has 4 heterocycles. The van der Waals surface area contributed by atoms with Crippen LogP contribution < -0.4 is 0 Å². The van der Waals surface area contributed by atoms with Gasteiger partial charge in [-0.1, -0.05) is 0 Å². The van der Waals surface area contributed by atoms with Gasteiger partial charge in [0.05, 0.1) is 11.8 Å². The number of Topliss-reactive ketones (excluding diaryl/α,β-unsaturated/α-hetero) is 1. The molecule has 4 aromatic rings. The molecule has 1 atom stereocenters. The number of halogens is 2. The summed E-state index contributed by atoms with van der Waals surface area (Å²) in [6, 6.07) is 3.11. The molecule has 10 heteroatoms. The average Bonchev–Trinajstić information content (AvgIpc) is 3.22. The summed E-state index contributed by atoms with van der Waals surface area (Å²) in [7, 11) is 1.60. The fourth-order valence-electron chi connectivity index (χ4n) is 3.34. The van der Waals surface area contributed by atoms with E-state index < -0.39 is 5.82 Å². The van der Waals surface area contributed by atoms with E-state index in [1.165, 1.54) is 10.6 Å². The SMILES string of the molecule is CO[C@@H](C)c1c(CC(=O)Cc2cc(F)c3nc(C)nn3c2)cnc2cc(Br)nn12. The van der Waals surface area contributed by atoms with Gasteiger partial charge in [0, 0.05) is 44.0 Å². The Hall–Kier alpha value is -2.72. The summed E-state index contributed by atoms with van der Waals surface area (Å²) in [5, 5.41) is 8.52. The Morgan fingerprint density at radius 3 is 2.86 bits per heavy atom. The molecular weight excluding hydrogens is 443 g/mol. The Bertz CT molecular complexity index is 1230. The van der Waals surface area contributed by atoms with Crippen LogP contribution in [-0.4, -0.2) is 42.1 Å². The molecule has 0 amide bonds. The number of hydrogen-bond acceptors (Lipinski definition) is 6. The molecule has 0 saturated carbocycles. The summed E-state index contributed by atoms with van der Waals surface area (Å²) in [5.41, 5.74) is 2.80. The van der Waals surface area contributed by atoms with Gasteiger partial charge in [0.1, 0.15) is 16.2 Å². The highest BCUT2D eigenvalue weighted by molar-refractivity contribution is 9.10. The molecule has 0 aliphatic heterocycles. The van der Waals surface area contributed by atoms with Crippen molar-refractivity contribution in [1.82, 2.24) is 29.2 Å². The lowest BCUT2D eigenvalue weighted by molar-refractivity contribution is -0.117. The van der Waals surface area contributed by atoms with Crippen LogP contribution in [0.4, 0.5) is 4.39 Å². The van der Waals surface area contributed by atoms with Gasteiger partial charge >= 0.3 is 0 Å². The predicted octanol–water partition coefficient (Wildman–Crippen LogP) is 3.04. The van der Waals surface area contributed by atoms with Gasteiger partial charge in [-0.3, -0.25) is 4.79 Å². The first-order valence-corrected chi connectivity index (χ1v) is 9.74. The summed E-state index contributed by atoms with van der Waals surface area (Å²) in [6.07, 6.45) is 3.19. The summed E-state index contributed by atoms with van der Waals surface area (Å²) in [5.74, 6) is -0.123. The van der Waals surface area contributed by atoms with E-state index in [1.807, 2.05) is 6.92 Å². The molecule has 0 aliphatic rings. The van der Waals surface area contributed by atoms with Gasteiger partial charge < -0.3 is 4.74 Å². The fourth-order valence-corrected chi connectivity index (χ4v) is 3.71. The lowest BCUT2D eigenvalue weighted by Gasteiger charge is -2.16. The standard InChI is InChI=1S/C19H18BrFN6O2/c1-10(29-3)18-13(8-22-17-7-16(20)25-27(17)18)6-14(28)4-12-5-15(21)19-23-11(2)24-26(19)9-12/h5,7-10H,4,6H2,1-3H3/t10-/m0/s1. The number of nitrogens with zero attached hydrogens (tertiary/aromatic N) is 6. The predicted molar refractivity (Wildman–Crippen MR) is 106 cm³/mol. The first-order valence-electron chi connectivity index (χ1n) is 8.94. The fraction of sp³-hybridized carbons (Fsp3) is 0.316. The lowest BCUT2D eigenvalue weighted by atomic mass is 10.0. The number of fused-ring (bicyclic) bond motifs is 2. The van der Waals surface area contributed by atoms with Crippen molar-refractivity contribution >= 4 is 33.0 Å². The van der Waals surface area contributed by atoms with Gasteiger partial charge in [0.2, 0.25) is 0 Å². The Morgan fingerprint density at radius 1 is 1.31 bits per heavy atom. The molecule has 0 unspecified atom stereocenters. The van der Waals surface area contributed by atoms with Crippen LogP contribution >= 0.6 is 15.9 Å². The number of aromatic nitrogens is 6. The molecule has 0 N–H and O–H groups in total. The van der Waals surface area contributed by atoms with Gasteiger partial charge in [0.15, 0.2) is 17.1 Å². The van der Waals surface area contributed by atoms with E-state index in [4.69, 9.17) is 4.74 Å². The minimum atomic E-state index is -0.505. The lowest BCUT2D eigenvalue weighted by Crippen LogP contribution is -2.15. The maximum Gasteiger partial charge on any atom is 0.191 e. The zero-order chi connectivity index (χ0) is 20.7. The van der Waals surface area contributed by atoms with Crippen LogP contribution in [0.25, 0.3) is 11.3 Å². The van der Waals surface area contributed by atoms with Crippen LogP contribution in [0, 0.1) is 12.7 Å². The van der Waals surface area contributed by atoms with Crippen molar-refractivity contribution in [3.05, 3.63) is 57.6 Å². The molecule has 150 valence electrons. The highest BCUT2D eigenvalue weighted by Crippen LogP contribution is 2.24. The van der Waals surface area contributed by atoms with Crippen molar-refractivity contribution in [3.63, 3.8) is 0 Å². The zero-order valence-electron chi connectivity index (χ0n) is 16.1. The van der Waals surface area contributed by atoms with Crippen LogP contribution in [0.5, 0.6) is 0 Å². The Morgan fingerprint density at radius 2 is 2.10 bits per heavy atom. The average molecular weight is 461 g/mol. The first-order chi connectivity index (χ1) is 13.9. The largest absolute Gasteiger partial charge is 0.375 e. The minimum Gasteiger partial charge on any atom is -0.375 e. The van der Waals surface area contributed by atoms with E-state index in [2.05, 4.69) is 36.1 Å². The molecule has 29 heavy (non-hydrogen) atoms. The summed E-state index contributed by atoms with van der Waals surface area (Å²) >= 11 is 3.35.